The van der Waals surface area contributed by atoms with E-state index in [0.29, 0.717) is 24.6 Å². The number of hydrogen-bond acceptors (Lipinski definition) is 5. The molecule has 29 heavy (non-hydrogen) atoms. The minimum absolute atomic E-state index is 0.0658. The van der Waals surface area contributed by atoms with Crippen molar-refractivity contribution in [3.05, 3.63) is 40.7 Å². The zero-order chi connectivity index (χ0) is 20.2. The van der Waals surface area contributed by atoms with Gasteiger partial charge in [0.1, 0.15) is 0 Å². The monoisotopic (exact) mass is 418 g/mol. The molecule has 3 amide bonds. The Hall–Kier alpha value is -2.68. The number of fused-ring (bicyclic) bond motifs is 1. The van der Waals surface area contributed by atoms with Gasteiger partial charge in [-0.3, -0.25) is 10.1 Å². The fourth-order valence-corrected chi connectivity index (χ4v) is 4.66. The van der Waals surface area contributed by atoms with Crippen molar-refractivity contribution in [2.45, 2.75) is 44.7 Å². The predicted octanol–water partition coefficient (Wildman–Crippen LogP) is 3.31. The first-order valence-electron chi connectivity index (χ1n) is 9.79. The van der Waals surface area contributed by atoms with E-state index in [0.717, 1.165) is 36.3 Å². The Morgan fingerprint density at radius 3 is 2.86 bits per heavy atom. The van der Waals surface area contributed by atoms with Gasteiger partial charge in [-0.2, -0.15) is 0 Å². The third-order valence-corrected chi connectivity index (χ3v) is 6.18. The summed E-state index contributed by atoms with van der Waals surface area (Å²) in [6.45, 7) is 0.715. The minimum atomic E-state index is -0.490. The van der Waals surface area contributed by atoms with E-state index in [1.54, 1.807) is 17.0 Å². The number of anilines is 1. The van der Waals surface area contributed by atoms with Gasteiger partial charge in [0, 0.05) is 23.9 Å². The van der Waals surface area contributed by atoms with Gasteiger partial charge >= 0.3 is 6.03 Å². The van der Waals surface area contributed by atoms with Crippen molar-refractivity contribution in [1.82, 2.24) is 15.2 Å². The molecule has 1 aliphatic carbocycles. The van der Waals surface area contributed by atoms with Crippen molar-refractivity contribution in [3.8, 4) is 5.75 Å². The van der Waals surface area contributed by atoms with Gasteiger partial charge in [0.05, 0.1) is 12.2 Å². The van der Waals surface area contributed by atoms with Gasteiger partial charge in [-0.25, -0.2) is 14.2 Å². The second-order valence-electron chi connectivity index (χ2n) is 7.25. The Kier molecular flexibility index (Phi) is 5.94. The topological polar surface area (TPSA) is 83.6 Å². The second-order valence-corrected chi connectivity index (χ2v) is 8.34. The van der Waals surface area contributed by atoms with Crippen LogP contribution in [0, 0.1) is 5.82 Å². The summed E-state index contributed by atoms with van der Waals surface area (Å²) in [4.78, 5) is 31.7. The molecular weight excluding hydrogens is 395 g/mol. The van der Waals surface area contributed by atoms with Crippen LogP contribution < -0.4 is 15.4 Å². The SMILES string of the molecule is O=C(Nc1nc2c(s1)CN(C(=O)COc1ccccc1F)CC2)NC1CCCC1. The summed E-state index contributed by atoms with van der Waals surface area (Å²) in [5, 5.41) is 6.33. The molecule has 0 atom stereocenters. The molecule has 4 rings (SSSR count). The molecule has 154 valence electrons. The van der Waals surface area contributed by atoms with Crippen LogP contribution >= 0.6 is 11.3 Å². The third kappa shape index (κ3) is 4.84. The number of urea groups is 1. The van der Waals surface area contributed by atoms with Crippen molar-refractivity contribution in [2.24, 2.45) is 0 Å². The van der Waals surface area contributed by atoms with Crippen molar-refractivity contribution in [1.29, 1.82) is 0 Å². The quantitative estimate of drug-likeness (QED) is 0.780. The van der Waals surface area contributed by atoms with Crippen LogP contribution in [-0.2, 0) is 17.8 Å². The highest BCUT2D eigenvalue weighted by molar-refractivity contribution is 7.15. The first kappa shape index (κ1) is 19.6. The Labute approximate surface area is 172 Å². The highest BCUT2D eigenvalue weighted by Gasteiger charge is 2.25. The van der Waals surface area contributed by atoms with Crippen LogP contribution in [0.15, 0.2) is 24.3 Å². The van der Waals surface area contributed by atoms with Crippen LogP contribution in [0.2, 0.25) is 0 Å². The molecule has 2 heterocycles. The molecule has 1 aromatic heterocycles. The first-order valence-corrected chi connectivity index (χ1v) is 10.6. The van der Waals surface area contributed by atoms with E-state index >= 15 is 0 Å². The molecule has 2 aliphatic rings. The summed E-state index contributed by atoms with van der Waals surface area (Å²) in [6.07, 6.45) is 4.97. The highest BCUT2D eigenvalue weighted by Crippen LogP contribution is 2.28. The number of thiazole rings is 1. The molecule has 0 spiro atoms. The summed E-state index contributed by atoms with van der Waals surface area (Å²) in [7, 11) is 0. The first-order chi connectivity index (χ1) is 14.1. The normalized spacial score (nSPS) is 16.4. The maximum atomic E-state index is 13.6. The zero-order valence-corrected chi connectivity index (χ0v) is 16.8. The molecule has 0 unspecified atom stereocenters. The Balaban J connectivity index is 1.30. The van der Waals surface area contributed by atoms with Gasteiger partial charge in [-0.05, 0) is 25.0 Å². The van der Waals surface area contributed by atoms with Crippen LogP contribution in [-0.4, -0.2) is 41.0 Å². The lowest BCUT2D eigenvalue weighted by atomic mass is 10.2. The largest absolute Gasteiger partial charge is 0.481 e. The van der Waals surface area contributed by atoms with Crippen molar-refractivity contribution < 1.29 is 18.7 Å². The number of carbonyl (C=O) groups excluding carboxylic acids is 2. The molecule has 0 saturated heterocycles. The van der Waals surface area contributed by atoms with Crippen molar-refractivity contribution in [2.75, 3.05) is 18.5 Å². The molecular formula is C20H23FN4O3S. The third-order valence-electron chi connectivity index (χ3n) is 5.18. The Morgan fingerprint density at radius 2 is 2.07 bits per heavy atom. The summed E-state index contributed by atoms with van der Waals surface area (Å²) < 4.78 is 18.9. The maximum Gasteiger partial charge on any atom is 0.321 e. The van der Waals surface area contributed by atoms with Crippen LogP contribution in [0.3, 0.4) is 0 Å². The Morgan fingerprint density at radius 1 is 1.28 bits per heavy atom. The number of para-hydroxylation sites is 1. The number of amides is 3. The fraction of sp³-hybridized carbons (Fsp3) is 0.450. The molecule has 1 aliphatic heterocycles. The van der Waals surface area contributed by atoms with E-state index in [-0.39, 0.29) is 30.3 Å². The molecule has 2 N–H and O–H groups in total. The summed E-state index contributed by atoms with van der Waals surface area (Å²) >= 11 is 1.38. The number of hydrogen-bond donors (Lipinski definition) is 2. The number of carbonyl (C=O) groups is 2. The van der Waals surface area contributed by atoms with Gasteiger partial charge in [0.2, 0.25) is 0 Å². The number of halogens is 1. The van der Waals surface area contributed by atoms with Crippen LogP contribution in [0.25, 0.3) is 0 Å². The molecule has 1 saturated carbocycles. The lowest BCUT2D eigenvalue weighted by molar-refractivity contribution is -0.134. The van der Waals surface area contributed by atoms with Crippen LogP contribution in [0.5, 0.6) is 5.75 Å². The van der Waals surface area contributed by atoms with Gasteiger partial charge in [-0.15, -0.1) is 0 Å². The highest BCUT2D eigenvalue weighted by atomic mass is 32.1. The van der Waals surface area contributed by atoms with E-state index in [9.17, 15) is 14.0 Å². The molecule has 0 radical (unpaired) electrons. The van der Waals surface area contributed by atoms with Gasteiger partial charge in [0.15, 0.2) is 23.3 Å². The van der Waals surface area contributed by atoms with Crippen molar-refractivity contribution in [3.63, 3.8) is 0 Å². The number of nitrogens with zero attached hydrogens (tertiary/aromatic N) is 2. The number of rotatable bonds is 5. The van der Waals surface area contributed by atoms with E-state index < -0.39 is 5.82 Å². The smallest absolute Gasteiger partial charge is 0.321 e. The number of nitrogens with one attached hydrogen (secondary N) is 2. The molecule has 2 aromatic rings. The van der Waals surface area contributed by atoms with Gasteiger partial charge in [0.25, 0.3) is 5.91 Å². The summed E-state index contributed by atoms with van der Waals surface area (Å²) in [5.41, 5.74) is 0.908. The molecule has 9 heteroatoms. The van der Waals surface area contributed by atoms with E-state index in [1.807, 2.05) is 0 Å². The van der Waals surface area contributed by atoms with E-state index in [2.05, 4.69) is 15.6 Å². The average molecular weight is 418 g/mol. The number of ether oxygens (including phenoxy) is 1. The lowest BCUT2D eigenvalue weighted by Gasteiger charge is -2.26. The van der Waals surface area contributed by atoms with E-state index in [4.69, 9.17) is 4.74 Å². The lowest BCUT2D eigenvalue weighted by Crippen LogP contribution is -2.38. The zero-order valence-electron chi connectivity index (χ0n) is 15.9. The minimum Gasteiger partial charge on any atom is -0.481 e. The number of aromatic nitrogens is 1. The van der Waals surface area contributed by atoms with Crippen LogP contribution in [0.1, 0.15) is 36.3 Å². The Bertz CT molecular complexity index is 898. The second kappa shape index (κ2) is 8.77. The van der Waals surface area contributed by atoms with Gasteiger partial charge < -0.3 is 15.0 Å². The molecule has 0 bridgehead atoms. The maximum absolute atomic E-state index is 13.6. The average Bonchev–Trinajstić information content (AvgIpc) is 3.35. The number of benzene rings is 1. The van der Waals surface area contributed by atoms with Gasteiger partial charge in [-0.1, -0.05) is 36.3 Å². The summed E-state index contributed by atoms with van der Waals surface area (Å²) in [6, 6.07) is 6.03. The molecule has 1 aromatic carbocycles. The molecule has 1 fully saturated rings. The van der Waals surface area contributed by atoms with Crippen molar-refractivity contribution >= 4 is 28.4 Å². The standard InChI is InChI=1S/C20H23FN4O3S/c21-14-7-3-4-8-16(14)28-12-18(26)25-10-9-15-17(11-25)29-20(23-15)24-19(27)22-13-5-1-2-6-13/h3-4,7-8,13H,1-2,5-6,9-12H2,(H2,22,23,24,27). The molecule has 7 nitrogen and oxygen atoms in total. The summed E-state index contributed by atoms with van der Waals surface area (Å²) in [5.74, 6) is -0.632. The van der Waals surface area contributed by atoms with E-state index in [1.165, 1.54) is 23.5 Å². The fourth-order valence-electron chi connectivity index (χ4n) is 3.64. The predicted molar refractivity (Wildman–Crippen MR) is 108 cm³/mol. The van der Waals surface area contributed by atoms with Crippen LogP contribution in [0.4, 0.5) is 14.3 Å².